The number of aromatic nitrogens is 1. The molecule has 0 atom stereocenters. The van der Waals surface area contributed by atoms with Gasteiger partial charge < -0.3 is 10.4 Å². The molecule has 1 heterocycles. The minimum absolute atomic E-state index is 0.135. The van der Waals surface area contributed by atoms with Crippen molar-refractivity contribution in [1.29, 1.82) is 0 Å². The number of aliphatic carboxylic acids is 1. The first-order chi connectivity index (χ1) is 7.83. The molecule has 0 aromatic carbocycles. The average Bonchev–Trinajstić information content (AvgIpc) is 2.20. The van der Waals surface area contributed by atoms with Crippen LogP contribution >= 0.6 is 0 Å². The lowest BCUT2D eigenvalue weighted by atomic mass is 10.0. The van der Waals surface area contributed by atoms with Gasteiger partial charge in [0.05, 0.1) is 6.42 Å². The fourth-order valence-electron chi connectivity index (χ4n) is 1.30. The predicted octanol–water partition coefficient (Wildman–Crippen LogP) is 0.912. The molecule has 0 aliphatic heterocycles. The Balaban J connectivity index is 2.69. The second-order valence-electron chi connectivity index (χ2n) is 4.46. The van der Waals surface area contributed by atoms with Gasteiger partial charge in [0.1, 0.15) is 5.54 Å². The molecular weight excluding hydrogens is 220 g/mol. The molecule has 0 aliphatic carbocycles. The summed E-state index contributed by atoms with van der Waals surface area (Å²) >= 11 is 0. The van der Waals surface area contributed by atoms with Crippen LogP contribution in [-0.2, 0) is 16.0 Å². The lowest BCUT2D eigenvalue weighted by molar-refractivity contribution is -0.145. The number of hydrogen-bond donors (Lipinski definition) is 2. The smallest absolute Gasteiger partial charge is 0.328 e. The van der Waals surface area contributed by atoms with E-state index in [9.17, 15) is 9.59 Å². The van der Waals surface area contributed by atoms with Crippen molar-refractivity contribution in [1.82, 2.24) is 10.3 Å². The predicted molar refractivity (Wildman–Crippen MR) is 62.5 cm³/mol. The van der Waals surface area contributed by atoms with Crippen LogP contribution in [0.1, 0.15) is 25.0 Å². The topological polar surface area (TPSA) is 79.3 Å². The molecule has 1 aromatic rings. The summed E-state index contributed by atoms with van der Waals surface area (Å²) in [4.78, 5) is 26.5. The third-order valence-corrected chi connectivity index (χ3v) is 2.49. The van der Waals surface area contributed by atoms with E-state index in [4.69, 9.17) is 5.11 Å². The molecule has 0 spiro atoms. The van der Waals surface area contributed by atoms with Crippen LogP contribution in [0, 0.1) is 6.92 Å². The summed E-state index contributed by atoms with van der Waals surface area (Å²) in [5.74, 6) is -1.39. The van der Waals surface area contributed by atoms with E-state index in [1.54, 1.807) is 12.4 Å². The lowest BCUT2D eigenvalue weighted by Crippen LogP contribution is -2.50. The SMILES string of the molecule is Cc1ccncc1CC(=O)NC(C)(C)C(=O)O. The fourth-order valence-corrected chi connectivity index (χ4v) is 1.30. The van der Waals surface area contributed by atoms with Crippen LogP contribution in [0.2, 0.25) is 0 Å². The van der Waals surface area contributed by atoms with Gasteiger partial charge >= 0.3 is 5.97 Å². The molecule has 0 bridgehead atoms. The van der Waals surface area contributed by atoms with E-state index in [1.165, 1.54) is 13.8 Å². The summed E-state index contributed by atoms with van der Waals surface area (Å²) in [6.07, 6.45) is 3.40. The monoisotopic (exact) mass is 236 g/mol. The third kappa shape index (κ3) is 3.55. The first kappa shape index (κ1) is 13.2. The number of nitrogens with zero attached hydrogens (tertiary/aromatic N) is 1. The molecule has 0 unspecified atom stereocenters. The Hall–Kier alpha value is -1.91. The normalized spacial score (nSPS) is 11.0. The molecular formula is C12H16N2O3. The molecule has 1 aromatic heterocycles. The van der Waals surface area contributed by atoms with Crippen LogP contribution in [0.15, 0.2) is 18.5 Å². The van der Waals surface area contributed by atoms with E-state index in [1.807, 2.05) is 13.0 Å². The van der Waals surface area contributed by atoms with Crippen molar-refractivity contribution in [2.45, 2.75) is 32.7 Å². The quantitative estimate of drug-likeness (QED) is 0.814. The molecule has 0 fully saturated rings. The highest BCUT2D eigenvalue weighted by atomic mass is 16.4. The molecule has 0 saturated heterocycles. The zero-order valence-electron chi connectivity index (χ0n) is 10.2. The van der Waals surface area contributed by atoms with E-state index in [-0.39, 0.29) is 12.3 Å². The van der Waals surface area contributed by atoms with Gasteiger partial charge in [0.15, 0.2) is 0 Å². The van der Waals surface area contributed by atoms with Gasteiger partial charge in [-0.15, -0.1) is 0 Å². The van der Waals surface area contributed by atoms with Crippen LogP contribution in [0.25, 0.3) is 0 Å². The Morgan fingerprint density at radius 1 is 1.47 bits per heavy atom. The van der Waals surface area contributed by atoms with E-state index in [0.29, 0.717) is 0 Å². The number of nitrogens with one attached hydrogen (secondary N) is 1. The maximum atomic E-state index is 11.7. The number of carboxylic acid groups (broad SMARTS) is 1. The Morgan fingerprint density at radius 3 is 2.65 bits per heavy atom. The summed E-state index contributed by atoms with van der Waals surface area (Å²) in [6.45, 7) is 4.78. The highest BCUT2D eigenvalue weighted by Crippen LogP contribution is 2.07. The van der Waals surface area contributed by atoms with Gasteiger partial charge in [-0.05, 0) is 38.0 Å². The van der Waals surface area contributed by atoms with Crippen molar-refractivity contribution >= 4 is 11.9 Å². The van der Waals surface area contributed by atoms with E-state index < -0.39 is 11.5 Å². The number of carbonyl (C=O) groups excluding carboxylic acids is 1. The summed E-state index contributed by atoms with van der Waals surface area (Å²) < 4.78 is 0. The largest absolute Gasteiger partial charge is 0.480 e. The first-order valence-electron chi connectivity index (χ1n) is 5.27. The number of carbonyl (C=O) groups is 2. The fraction of sp³-hybridized carbons (Fsp3) is 0.417. The molecule has 1 amide bonds. The minimum atomic E-state index is -1.26. The molecule has 0 saturated carbocycles. The van der Waals surface area contributed by atoms with Crippen molar-refractivity contribution in [3.8, 4) is 0 Å². The molecule has 5 nitrogen and oxygen atoms in total. The maximum Gasteiger partial charge on any atom is 0.328 e. The number of hydrogen-bond acceptors (Lipinski definition) is 3. The number of pyridine rings is 1. The molecule has 0 radical (unpaired) electrons. The van der Waals surface area contributed by atoms with Gasteiger partial charge in [0.2, 0.25) is 5.91 Å². The first-order valence-corrected chi connectivity index (χ1v) is 5.27. The standard InChI is InChI=1S/C12H16N2O3/c1-8-4-5-13-7-9(8)6-10(15)14-12(2,3)11(16)17/h4-5,7H,6H2,1-3H3,(H,14,15)(H,16,17). The Bertz CT molecular complexity index is 441. The van der Waals surface area contributed by atoms with E-state index in [2.05, 4.69) is 10.3 Å². The van der Waals surface area contributed by atoms with Crippen molar-refractivity contribution in [3.05, 3.63) is 29.6 Å². The zero-order chi connectivity index (χ0) is 13.1. The molecule has 0 aliphatic rings. The summed E-state index contributed by atoms with van der Waals surface area (Å²) in [6, 6.07) is 1.81. The molecule has 5 heteroatoms. The highest BCUT2D eigenvalue weighted by molar-refractivity contribution is 5.87. The maximum absolute atomic E-state index is 11.7. The van der Waals surface area contributed by atoms with E-state index in [0.717, 1.165) is 11.1 Å². The van der Waals surface area contributed by atoms with Crippen LogP contribution < -0.4 is 5.32 Å². The number of amides is 1. The molecule has 1 rings (SSSR count). The minimum Gasteiger partial charge on any atom is -0.480 e. The second-order valence-corrected chi connectivity index (χ2v) is 4.46. The van der Waals surface area contributed by atoms with Crippen molar-refractivity contribution in [3.63, 3.8) is 0 Å². The Morgan fingerprint density at radius 2 is 2.12 bits per heavy atom. The van der Waals surface area contributed by atoms with Crippen LogP contribution in [0.5, 0.6) is 0 Å². The Labute approximate surface area is 99.9 Å². The van der Waals surface area contributed by atoms with Crippen molar-refractivity contribution in [2.75, 3.05) is 0 Å². The summed E-state index contributed by atoms with van der Waals surface area (Å²) in [5.41, 5.74) is 0.502. The van der Waals surface area contributed by atoms with Gasteiger partial charge in [-0.3, -0.25) is 9.78 Å². The van der Waals surface area contributed by atoms with Gasteiger partial charge in [-0.1, -0.05) is 0 Å². The molecule has 2 N–H and O–H groups in total. The number of rotatable bonds is 4. The highest BCUT2D eigenvalue weighted by Gasteiger charge is 2.28. The van der Waals surface area contributed by atoms with Gasteiger partial charge in [0, 0.05) is 12.4 Å². The van der Waals surface area contributed by atoms with Gasteiger partial charge in [-0.25, -0.2) is 4.79 Å². The second kappa shape index (κ2) is 4.95. The van der Waals surface area contributed by atoms with Crippen LogP contribution in [0.3, 0.4) is 0 Å². The van der Waals surface area contributed by atoms with Crippen LogP contribution in [0.4, 0.5) is 0 Å². The summed E-state index contributed by atoms with van der Waals surface area (Å²) in [5, 5.41) is 11.3. The van der Waals surface area contributed by atoms with Crippen LogP contribution in [-0.4, -0.2) is 27.5 Å². The summed E-state index contributed by atoms with van der Waals surface area (Å²) in [7, 11) is 0. The van der Waals surface area contributed by atoms with Gasteiger partial charge in [0.25, 0.3) is 0 Å². The Kier molecular flexibility index (Phi) is 3.83. The van der Waals surface area contributed by atoms with Crippen molar-refractivity contribution < 1.29 is 14.7 Å². The van der Waals surface area contributed by atoms with Crippen molar-refractivity contribution in [2.24, 2.45) is 0 Å². The van der Waals surface area contributed by atoms with E-state index >= 15 is 0 Å². The lowest BCUT2D eigenvalue weighted by Gasteiger charge is -2.21. The van der Waals surface area contributed by atoms with Gasteiger partial charge in [-0.2, -0.15) is 0 Å². The zero-order valence-corrected chi connectivity index (χ0v) is 10.2. The average molecular weight is 236 g/mol. The molecule has 92 valence electrons. The number of aryl methyl sites for hydroxylation is 1. The molecule has 17 heavy (non-hydrogen) atoms. The number of carboxylic acids is 1. The third-order valence-electron chi connectivity index (χ3n) is 2.49.